The lowest BCUT2D eigenvalue weighted by Gasteiger charge is -2.08. The smallest absolute Gasteiger partial charge is 0.240 e. The van der Waals surface area contributed by atoms with E-state index in [2.05, 4.69) is 10.0 Å². The summed E-state index contributed by atoms with van der Waals surface area (Å²) in [5.74, 6) is 0. The Labute approximate surface area is 124 Å². The molecule has 0 unspecified atom stereocenters. The van der Waals surface area contributed by atoms with Crippen molar-refractivity contribution in [2.24, 2.45) is 0 Å². The first-order valence-electron chi connectivity index (χ1n) is 6.96. The first-order chi connectivity index (χ1) is 10.1. The van der Waals surface area contributed by atoms with E-state index in [-0.39, 0.29) is 6.54 Å². The molecule has 1 saturated carbocycles. The zero-order chi connectivity index (χ0) is 14.7. The van der Waals surface area contributed by atoms with Crippen LogP contribution in [0.1, 0.15) is 24.0 Å². The zero-order valence-corrected chi connectivity index (χ0v) is 12.4. The Morgan fingerprint density at radius 2 is 2.00 bits per heavy atom. The van der Waals surface area contributed by atoms with Gasteiger partial charge in [-0.2, -0.15) is 0 Å². The van der Waals surface area contributed by atoms with Crippen molar-refractivity contribution < 1.29 is 12.8 Å². The molecule has 112 valence electrons. The summed E-state index contributed by atoms with van der Waals surface area (Å²) >= 11 is 0. The molecule has 2 aromatic rings. The second-order valence-electron chi connectivity index (χ2n) is 5.26. The Kier molecular flexibility index (Phi) is 4.10. The Morgan fingerprint density at radius 3 is 2.71 bits per heavy atom. The molecule has 0 atom stereocenters. The Bertz CT molecular complexity index is 691. The standard InChI is InChI=1S/C15H18N2O3S/c18-21(19,17-10-13-6-7-20-11-13)15-3-1-2-12(8-15)9-16-14-4-5-14/h1-3,6-8,11,14,16-17H,4-5,9-10H2. The molecule has 0 radical (unpaired) electrons. The Hall–Kier alpha value is -1.63. The second kappa shape index (κ2) is 6.01. The highest BCUT2D eigenvalue weighted by Crippen LogP contribution is 2.20. The minimum absolute atomic E-state index is 0.226. The first kappa shape index (κ1) is 14.3. The summed E-state index contributed by atoms with van der Waals surface area (Å²) in [6.45, 7) is 0.930. The lowest BCUT2D eigenvalue weighted by atomic mass is 10.2. The molecular weight excluding hydrogens is 288 g/mol. The van der Waals surface area contributed by atoms with Gasteiger partial charge >= 0.3 is 0 Å². The molecule has 1 aliphatic carbocycles. The lowest BCUT2D eigenvalue weighted by Crippen LogP contribution is -2.23. The van der Waals surface area contributed by atoms with E-state index < -0.39 is 10.0 Å². The molecule has 1 heterocycles. The lowest BCUT2D eigenvalue weighted by molar-refractivity contribution is 0.561. The molecule has 2 N–H and O–H groups in total. The molecular formula is C15H18N2O3S. The maximum atomic E-state index is 12.3. The fraction of sp³-hybridized carbons (Fsp3) is 0.333. The van der Waals surface area contributed by atoms with Gasteiger partial charge in [0.05, 0.1) is 17.4 Å². The van der Waals surface area contributed by atoms with E-state index in [1.165, 1.54) is 25.4 Å². The van der Waals surface area contributed by atoms with Gasteiger partial charge in [0.25, 0.3) is 0 Å². The van der Waals surface area contributed by atoms with Crippen LogP contribution in [0.25, 0.3) is 0 Å². The summed E-state index contributed by atoms with van der Waals surface area (Å²) < 4.78 is 32.0. The highest BCUT2D eigenvalue weighted by atomic mass is 32.2. The van der Waals surface area contributed by atoms with Crippen LogP contribution in [0.2, 0.25) is 0 Å². The molecule has 1 aliphatic rings. The number of hydrogen-bond donors (Lipinski definition) is 2. The maximum absolute atomic E-state index is 12.3. The van der Waals surface area contributed by atoms with Crippen LogP contribution in [0.15, 0.2) is 52.2 Å². The van der Waals surface area contributed by atoms with Crippen LogP contribution in [0.5, 0.6) is 0 Å². The topological polar surface area (TPSA) is 71.3 Å². The fourth-order valence-corrected chi connectivity index (χ4v) is 3.11. The largest absolute Gasteiger partial charge is 0.472 e. The predicted molar refractivity (Wildman–Crippen MR) is 79.0 cm³/mol. The molecule has 1 fully saturated rings. The number of nitrogens with one attached hydrogen (secondary N) is 2. The Balaban J connectivity index is 1.67. The minimum Gasteiger partial charge on any atom is -0.472 e. The maximum Gasteiger partial charge on any atom is 0.240 e. The molecule has 21 heavy (non-hydrogen) atoms. The quantitative estimate of drug-likeness (QED) is 0.821. The summed E-state index contributed by atoms with van der Waals surface area (Å²) in [5, 5.41) is 3.38. The van der Waals surface area contributed by atoms with E-state index in [0.29, 0.717) is 17.5 Å². The average molecular weight is 306 g/mol. The summed E-state index contributed by atoms with van der Waals surface area (Å²) in [7, 11) is -3.50. The molecule has 1 aromatic carbocycles. The highest BCUT2D eigenvalue weighted by molar-refractivity contribution is 7.89. The molecule has 6 heteroatoms. The van der Waals surface area contributed by atoms with E-state index in [9.17, 15) is 8.42 Å². The van der Waals surface area contributed by atoms with Gasteiger partial charge in [0.2, 0.25) is 10.0 Å². The summed E-state index contributed by atoms with van der Waals surface area (Å²) in [5.41, 5.74) is 1.78. The summed E-state index contributed by atoms with van der Waals surface area (Å²) in [6.07, 6.45) is 5.47. The monoisotopic (exact) mass is 306 g/mol. The number of hydrogen-bond acceptors (Lipinski definition) is 4. The van der Waals surface area contributed by atoms with Gasteiger partial charge < -0.3 is 9.73 Å². The first-order valence-corrected chi connectivity index (χ1v) is 8.45. The molecule has 0 aliphatic heterocycles. The van der Waals surface area contributed by atoms with Gasteiger partial charge in [-0.15, -0.1) is 0 Å². The second-order valence-corrected chi connectivity index (χ2v) is 7.03. The molecule has 0 saturated heterocycles. The van der Waals surface area contributed by atoms with Crippen molar-refractivity contribution in [3.8, 4) is 0 Å². The van der Waals surface area contributed by atoms with Crippen LogP contribution >= 0.6 is 0 Å². The van der Waals surface area contributed by atoms with Crippen LogP contribution in [0.4, 0.5) is 0 Å². The Morgan fingerprint density at radius 1 is 1.14 bits per heavy atom. The van der Waals surface area contributed by atoms with E-state index in [4.69, 9.17) is 4.42 Å². The van der Waals surface area contributed by atoms with Gasteiger partial charge in [-0.3, -0.25) is 0 Å². The third-order valence-corrected chi connectivity index (χ3v) is 4.83. The normalized spacial score (nSPS) is 15.2. The van der Waals surface area contributed by atoms with Crippen LogP contribution in [0, 0.1) is 0 Å². The zero-order valence-electron chi connectivity index (χ0n) is 11.6. The minimum atomic E-state index is -3.50. The summed E-state index contributed by atoms with van der Waals surface area (Å²) in [4.78, 5) is 0.293. The van der Waals surface area contributed by atoms with Crippen molar-refractivity contribution in [1.29, 1.82) is 0 Å². The van der Waals surface area contributed by atoms with Crippen molar-refractivity contribution in [3.05, 3.63) is 54.0 Å². The summed E-state index contributed by atoms with van der Waals surface area (Å²) in [6, 6.07) is 9.37. The average Bonchev–Trinajstić information content (AvgIpc) is 3.17. The van der Waals surface area contributed by atoms with E-state index in [0.717, 1.165) is 11.1 Å². The van der Waals surface area contributed by atoms with E-state index in [1.54, 1.807) is 24.3 Å². The molecule has 5 nitrogen and oxygen atoms in total. The molecule has 0 spiro atoms. The van der Waals surface area contributed by atoms with Gasteiger partial charge in [0.15, 0.2) is 0 Å². The highest BCUT2D eigenvalue weighted by Gasteiger charge is 2.20. The van der Waals surface area contributed by atoms with Gasteiger partial charge in [-0.25, -0.2) is 13.1 Å². The number of furan rings is 1. The number of sulfonamides is 1. The third kappa shape index (κ3) is 3.93. The fourth-order valence-electron chi connectivity index (χ4n) is 2.03. The van der Waals surface area contributed by atoms with E-state index in [1.807, 2.05) is 6.07 Å². The van der Waals surface area contributed by atoms with Gasteiger partial charge in [-0.05, 0) is 36.6 Å². The molecule has 1 aromatic heterocycles. The van der Waals surface area contributed by atoms with Crippen LogP contribution < -0.4 is 10.0 Å². The van der Waals surface area contributed by atoms with Gasteiger partial charge in [0, 0.05) is 24.7 Å². The molecule has 3 rings (SSSR count). The SMILES string of the molecule is O=S(=O)(NCc1ccoc1)c1cccc(CNC2CC2)c1. The number of benzene rings is 1. The van der Waals surface area contributed by atoms with Crippen molar-refractivity contribution in [2.75, 3.05) is 0 Å². The van der Waals surface area contributed by atoms with Crippen LogP contribution in [-0.2, 0) is 23.1 Å². The molecule has 0 amide bonds. The molecule has 0 bridgehead atoms. The van der Waals surface area contributed by atoms with Gasteiger partial charge in [0.1, 0.15) is 0 Å². The van der Waals surface area contributed by atoms with Crippen LogP contribution in [-0.4, -0.2) is 14.5 Å². The van der Waals surface area contributed by atoms with Crippen molar-refractivity contribution in [3.63, 3.8) is 0 Å². The third-order valence-electron chi connectivity index (χ3n) is 3.43. The number of rotatable bonds is 7. The van der Waals surface area contributed by atoms with Crippen molar-refractivity contribution >= 4 is 10.0 Å². The van der Waals surface area contributed by atoms with E-state index >= 15 is 0 Å². The van der Waals surface area contributed by atoms with Gasteiger partial charge in [-0.1, -0.05) is 12.1 Å². The predicted octanol–water partition coefficient (Wildman–Crippen LogP) is 2.01. The van der Waals surface area contributed by atoms with Crippen molar-refractivity contribution in [2.45, 2.75) is 36.9 Å². The van der Waals surface area contributed by atoms with Crippen LogP contribution in [0.3, 0.4) is 0 Å². The van der Waals surface area contributed by atoms with Crippen molar-refractivity contribution in [1.82, 2.24) is 10.0 Å².